The van der Waals surface area contributed by atoms with Crippen molar-refractivity contribution in [2.75, 3.05) is 0 Å². The molecule has 2 N–H and O–H groups in total. The van der Waals surface area contributed by atoms with Gasteiger partial charge in [-0.1, -0.05) is 44.0 Å². The van der Waals surface area contributed by atoms with E-state index in [-0.39, 0.29) is 11.7 Å². The molecule has 0 saturated carbocycles. The third-order valence-electron chi connectivity index (χ3n) is 3.95. The predicted octanol–water partition coefficient (Wildman–Crippen LogP) is 2.58. The van der Waals surface area contributed by atoms with Crippen LogP contribution in [0.4, 0.5) is 0 Å². The summed E-state index contributed by atoms with van der Waals surface area (Å²) in [6.45, 7) is 2.09. The summed E-state index contributed by atoms with van der Waals surface area (Å²) in [5.41, 5.74) is 6.53. The van der Waals surface area contributed by atoms with Crippen LogP contribution in [0.5, 0.6) is 0 Å². The lowest BCUT2D eigenvalue weighted by molar-refractivity contribution is -0.124. The van der Waals surface area contributed by atoms with Crippen molar-refractivity contribution in [2.24, 2.45) is 5.73 Å². The molecule has 18 heavy (non-hydrogen) atoms. The van der Waals surface area contributed by atoms with E-state index in [9.17, 15) is 9.59 Å². The second-order valence-electron chi connectivity index (χ2n) is 5.02. The van der Waals surface area contributed by atoms with E-state index in [4.69, 9.17) is 5.73 Å². The van der Waals surface area contributed by atoms with Crippen LogP contribution in [0.25, 0.3) is 0 Å². The van der Waals surface area contributed by atoms with Gasteiger partial charge in [-0.2, -0.15) is 0 Å². The Balaban J connectivity index is 2.52. The monoisotopic (exact) mass is 245 g/mol. The fourth-order valence-corrected chi connectivity index (χ4v) is 2.86. The van der Waals surface area contributed by atoms with E-state index in [0.717, 1.165) is 24.8 Å². The van der Waals surface area contributed by atoms with E-state index in [1.807, 2.05) is 18.2 Å². The second kappa shape index (κ2) is 4.92. The van der Waals surface area contributed by atoms with Crippen LogP contribution < -0.4 is 5.73 Å². The van der Waals surface area contributed by atoms with Gasteiger partial charge in [0.15, 0.2) is 5.78 Å². The number of hydrogen-bond donors (Lipinski definition) is 1. The average molecular weight is 245 g/mol. The quantitative estimate of drug-likeness (QED) is 0.886. The molecule has 1 unspecified atom stereocenters. The van der Waals surface area contributed by atoms with Gasteiger partial charge in [0.25, 0.3) is 0 Å². The number of amides is 1. The van der Waals surface area contributed by atoms with Crippen LogP contribution in [0.15, 0.2) is 24.3 Å². The molecule has 0 fully saturated rings. The molecule has 1 atom stereocenters. The van der Waals surface area contributed by atoms with Crippen molar-refractivity contribution < 1.29 is 9.59 Å². The van der Waals surface area contributed by atoms with Crippen LogP contribution in [0.2, 0.25) is 0 Å². The second-order valence-corrected chi connectivity index (χ2v) is 5.02. The third kappa shape index (κ3) is 1.94. The molecule has 1 amide bonds. The third-order valence-corrected chi connectivity index (χ3v) is 3.95. The summed E-state index contributed by atoms with van der Waals surface area (Å²) in [6, 6.07) is 7.40. The summed E-state index contributed by atoms with van der Waals surface area (Å²) in [5, 5.41) is 0. The van der Waals surface area contributed by atoms with Gasteiger partial charge in [0, 0.05) is 12.0 Å². The molecular weight excluding hydrogens is 226 g/mol. The highest BCUT2D eigenvalue weighted by Gasteiger charge is 2.43. The molecule has 96 valence electrons. The topological polar surface area (TPSA) is 60.2 Å². The van der Waals surface area contributed by atoms with Gasteiger partial charge in [0.05, 0.1) is 5.41 Å². The lowest BCUT2D eigenvalue weighted by Crippen LogP contribution is -2.45. The minimum absolute atomic E-state index is 0.124. The van der Waals surface area contributed by atoms with Crippen LogP contribution in [-0.2, 0) is 10.2 Å². The summed E-state index contributed by atoms with van der Waals surface area (Å²) in [5.74, 6) is -0.171. The lowest BCUT2D eigenvalue weighted by Gasteiger charge is -2.36. The molecule has 0 bridgehead atoms. The smallest absolute Gasteiger partial charge is 0.228 e. The lowest BCUT2D eigenvalue weighted by atomic mass is 9.66. The maximum absolute atomic E-state index is 12.0. The molecule has 0 spiro atoms. The van der Waals surface area contributed by atoms with Crippen molar-refractivity contribution in [3.63, 3.8) is 0 Å². The maximum Gasteiger partial charge on any atom is 0.228 e. The molecule has 0 aliphatic heterocycles. The molecule has 0 radical (unpaired) electrons. The van der Waals surface area contributed by atoms with Crippen molar-refractivity contribution in [1.82, 2.24) is 0 Å². The maximum atomic E-state index is 12.0. The first kappa shape index (κ1) is 12.8. The van der Waals surface area contributed by atoms with E-state index in [0.29, 0.717) is 18.4 Å². The summed E-state index contributed by atoms with van der Waals surface area (Å²) in [6.07, 6.45) is 3.68. The zero-order valence-electron chi connectivity index (χ0n) is 10.7. The molecule has 0 heterocycles. The molecule has 3 heteroatoms. The van der Waals surface area contributed by atoms with E-state index < -0.39 is 5.41 Å². The number of fused-ring (bicyclic) bond motifs is 1. The van der Waals surface area contributed by atoms with Gasteiger partial charge in [0.2, 0.25) is 5.91 Å². The first-order chi connectivity index (χ1) is 8.62. The number of hydrogen-bond acceptors (Lipinski definition) is 2. The number of ketones is 1. The molecule has 2 rings (SSSR count). The Labute approximate surface area is 107 Å². The summed E-state index contributed by atoms with van der Waals surface area (Å²) in [7, 11) is 0. The molecule has 1 aromatic rings. The van der Waals surface area contributed by atoms with Crippen molar-refractivity contribution >= 4 is 11.7 Å². The zero-order chi connectivity index (χ0) is 13.2. The molecule has 1 aromatic carbocycles. The Morgan fingerprint density at radius 1 is 1.39 bits per heavy atom. The van der Waals surface area contributed by atoms with Crippen LogP contribution in [0.3, 0.4) is 0 Å². The van der Waals surface area contributed by atoms with Crippen LogP contribution in [-0.4, -0.2) is 11.7 Å². The van der Waals surface area contributed by atoms with Crippen molar-refractivity contribution in [1.29, 1.82) is 0 Å². The number of unbranched alkanes of at least 4 members (excludes halogenated alkanes) is 1. The standard InChI is InChI=1S/C15H19NO2/c1-2-3-9-15(14(16)18)10-8-13(17)11-6-4-5-7-12(11)15/h4-7H,2-3,8-10H2,1H3,(H2,16,18). The number of rotatable bonds is 4. The fourth-order valence-electron chi connectivity index (χ4n) is 2.86. The molecule has 1 aliphatic carbocycles. The van der Waals surface area contributed by atoms with Gasteiger partial charge in [-0.15, -0.1) is 0 Å². The SMILES string of the molecule is CCCCC1(C(N)=O)CCC(=O)c2ccccc21. The highest BCUT2D eigenvalue weighted by molar-refractivity contribution is 6.03. The fraction of sp³-hybridized carbons (Fsp3) is 0.467. The van der Waals surface area contributed by atoms with Crippen molar-refractivity contribution in [3.05, 3.63) is 35.4 Å². The van der Waals surface area contributed by atoms with Crippen LogP contribution in [0.1, 0.15) is 54.9 Å². The molecular formula is C15H19NO2. The number of primary amides is 1. The van der Waals surface area contributed by atoms with Gasteiger partial charge in [-0.25, -0.2) is 0 Å². The Hall–Kier alpha value is -1.64. The normalized spacial score (nSPS) is 22.6. The minimum Gasteiger partial charge on any atom is -0.369 e. The Kier molecular flexibility index (Phi) is 3.50. The zero-order valence-corrected chi connectivity index (χ0v) is 10.7. The van der Waals surface area contributed by atoms with Crippen molar-refractivity contribution in [3.8, 4) is 0 Å². The van der Waals surface area contributed by atoms with Gasteiger partial charge in [0.1, 0.15) is 0 Å². The van der Waals surface area contributed by atoms with Gasteiger partial charge in [-0.3, -0.25) is 9.59 Å². The largest absolute Gasteiger partial charge is 0.369 e. The van der Waals surface area contributed by atoms with E-state index >= 15 is 0 Å². The molecule has 0 aromatic heterocycles. The van der Waals surface area contributed by atoms with Crippen LogP contribution in [0, 0.1) is 0 Å². The number of carbonyl (C=O) groups is 2. The van der Waals surface area contributed by atoms with E-state index in [1.165, 1.54) is 0 Å². The Morgan fingerprint density at radius 3 is 2.78 bits per heavy atom. The van der Waals surface area contributed by atoms with E-state index in [2.05, 4.69) is 6.92 Å². The van der Waals surface area contributed by atoms with Crippen molar-refractivity contribution in [2.45, 2.75) is 44.4 Å². The van der Waals surface area contributed by atoms with Gasteiger partial charge < -0.3 is 5.73 Å². The number of benzene rings is 1. The Bertz CT molecular complexity index is 481. The Morgan fingerprint density at radius 2 is 2.11 bits per heavy atom. The number of nitrogens with two attached hydrogens (primary N) is 1. The number of Topliss-reactive ketones (excluding diaryl/α,β-unsaturated/α-hetero) is 1. The highest BCUT2D eigenvalue weighted by Crippen LogP contribution is 2.40. The van der Waals surface area contributed by atoms with Gasteiger partial charge >= 0.3 is 0 Å². The first-order valence-electron chi connectivity index (χ1n) is 6.54. The molecule has 0 saturated heterocycles. The summed E-state index contributed by atoms with van der Waals surface area (Å²) < 4.78 is 0. The first-order valence-corrected chi connectivity index (χ1v) is 6.54. The van der Waals surface area contributed by atoms with E-state index in [1.54, 1.807) is 6.07 Å². The van der Waals surface area contributed by atoms with Crippen LogP contribution >= 0.6 is 0 Å². The summed E-state index contributed by atoms with van der Waals surface area (Å²) >= 11 is 0. The predicted molar refractivity (Wildman–Crippen MR) is 70.4 cm³/mol. The number of carbonyl (C=O) groups excluding carboxylic acids is 2. The molecule has 1 aliphatic rings. The summed E-state index contributed by atoms with van der Waals surface area (Å²) in [4.78, 5) is 23.9. The average Bonchev–Trinajstić information content (AvgIpc) is 2.38. The van der Waals surface area contributed by atoms with Gasteiger partial charge in [-0.05, 0) is 18.4 Å². The highest BCUT2D eigenvalue weighted by atomic mass is 16.1. The minimum atomic E-state index is -0.638. The molecule has 3 nitrogen and oxygen atoms in total.